The molecule has 2 N–H and O–H groups in total. The van der Waals surface area contributed by atoms with E-state index in [0.717, 1.165) is 25.6 Å². The van der Waals surface area contributed by atoms with Crippen LogP contribution < -0.4 is 10.6 Å². The van der Waals surface area contributed by atoms with Crippen LogP contribution in [0.5, 0.6) is 0 Å². The fraction of sp³-hybridized carbons (Fsp3) is 0.750. The maximum atomic E-state index is 4.42. The normalized spacial score (nSPS) is 16.8. The molecule has 1 unspecified atom stereocenters. The number of aliphatic imine (C=N–C) groups is 1. The van der Waals surface area contributed by atoms with Gasteiger partial charge in [0.1, 0.15) is 0 Å². The van der Waals surface area contributed by atoms with Crippen LogP contribution in [0, 0.1) is 0 Å². The molecule has 7 heteroatoms. The predicted octanol–water partition coefficient (Wildman–Crippen LogP) is 3.79. The monoisotopic (exact) mass is 507 g/mol. The quantitative estimate of drug-likeness (QED) is 0.303. The van der Waals surface area contributed by atoms with Crippen molar-refractivity contribution in [2.24, 2.45) is 4.99 Å². The lowest BCUT2D eigenvalue weighted by atomic mass is 10.2. The van der Waals surface area contributed by atoms with Gasteiger partial charge < -0.3 is 10.6 Å². The maximum absolute atomic E-state index is 4.42. The Bertz CT molecular complexity index is 518. The summed E-state index contributed by atoms with van der Waals surface area (Å²) >= 11 is 1.86. The third kappa shape index (κ3) is 7.87. The average Bonchev–Trinajstić information content (AvgIpc) is 3.30. The van der Waals surface area contributed by atoms with Crippen molar-refractivity contribution in [3.8, 4) is 0 Å². The Morgan fingerprint density at radius 3 is 2.37 bits per heavy atom. The average molecular weight is 508 g/mol. The molecule has 1 atom stereocenters. The smallest absolute Gasteiger partial charge is 0.191 e. The van der Waals surface area contributed by atoms with E-state index in [4.69, 9.17) is 0 Å². The number of thiophene rings is 1. The molecular weight excluding hydrogens is 469 g/mol. The lowest BCUT2D eigenvalue weighted by Gasteiger charge is -2.31. The zero-order valence-corrected chi connectivity index (χ0v) is 20.7. The van der Waals surface area contributed by atoms with Crippen LogP contribution in [-0.2, 0) is 0 Å². The van der Waals surface area contributed by atoms with Crippen molar-refractivity contribution in [3.63, 3.8) is 0 Å². The SMILES string of the molecule is CN=C(NCCN(C(C)C)C(C)C)NCC(c1cccs1)N1CCCC1.I. The first-order valence-corrected chi connectivity index (χ1v) is 10.9. The van der Waals surface area contributed by atoms with Gasteiger partial charge in [0, 0.05) is 43.6 Å². The first-order valence-electron chi connectivity index (χ1n) is 10.0. The first kappa shape index (κ1) is 24.7. The van der Waals surface area contributed by atoms with E-state index in [9.17, 15) is 0 Å². The predicted molar refractivity (Wildman–Crippen MR) is 130 cm³/mol. The van der Waals surface area contributed by atoms with Gasteiger partial charge in [-0.2, -0.15) is 0 Å². The Labute approximate surface area is 187 Å². The summed E-state index contributed by atoms with van der Waals surface area (Å²) in [5, 5.41) is 9.21. The number of likely N-dealkylation sites (tertiary alicyclic amines) is 1. The zero-order valence-electron chi connectivity index (χ0n) is 17.6. The summed E-state index contributed by atoms with van der Waals surface area (Å²) in [6.45, 7) is 14.3. The van der Waals surface area contributed by atoms with Gasteiger partial charge in [0.25, 0.3) is 0 Å². The Kier molecular flexibility index (Phi) is 11.8. The summed E-state index contributed by atoms with van der Waals surface area (Å²) in [6.07, 6.45) is 2.63. The molecule has 1 fully saturated rings. The summed E-state index contributed by atoms with van der Waals surface area (Å²) in [6, 6.07) is 5.98. The van der Waals surface area contributed by atoms with E-state index < -0.39 is 0 Å². The van der Waals surface area contributed by atoms with Gasteiger partial charge in [-0.05, 0) is 65.1 Å². The molecule has 1 aromatic heterocycles. The third-order valence-corrected chi connectivity index (χ3v) is 6.10. The lowest BCUT2D eigenvalue weighted by molar-refractivity contribution is 0.178. The summed E-state index contributed by atoms with van der Waals surface area (Å²) < 4.78 is 0. The first-order chi connectivity index (χ1) is 12.5. The summed E-state index contributed by atoms with van der Waals surface area (Å²) in [7, 11) is 1.86. The van der Waals surface area contributed by atoms with Gasteiger partial charge in [-0.25, -0.2) is 0 Å². The number of halogens is 1. The number of hydrogen-bond donors (Lipinski definition) is 2. The second kappa shape index (κ2) is 13.0. The van der Waals surface area contributed by atoms with E-state index in [1.807, 2.05) is 18.4 Å². The van der Waals surface area contributed by atoms with Crippen LogP contribution in [0.3, 0.4) is 0 Å². The minimum Gasteiger partial charge on any atom is -0.355 e. The van der Waals surface area contributed by atoms with E-state index in [1.165, 1.54) is 30.8 Å². The van der Waals surface area contributed by atoms with Gasteiger partial charge in [0.15, 0.2) is 5.96 Å². The summed E-state index contributed by atoms with van der Waals surface area (Å²) in [5.74, 6) is 0.901. The lowest BCUT2D eigenvalue weighted by Crippen LogP contribution is -2.46. The van der Waals surface area contributed by atoms with Crippen LogP contribution in [0.1, 0.15) is 51.5 Å². The molecule has 1 aliphatic heterocycles. The van der Waals surface area contributed by atoms with Gasteiger partial charge in [-0.3, -0.25) is 14.8 Å². The van der Waals surface area contributed by atoms with Crippen LogP contribution in [0.25, 0.3) is 0 Å². The molecular formula is C20H38IN5S. The van der Waals surface area contributed by atoms with Gasteiger partial charge in [0.2, 0.25) is 0 Å². The molecule has 0 saturated carbocycles. The molecule has 5 nitrogen and oxygen atoms in total. The van der Waals surface area contributed by atoms with Gasteiger partial charge in [-0.15, -0.1) is 35.3 Å². The highest BCUT2D eigenvalue weighted by atomic mass is 127. The topological polar surface area (TPSA) is 42.9 Å². The largest absolute Gasteiger partial charge is 0.355 e. The molecule has 1 saturated heterocycles. The van der Waals surface area contributed by atoms with Crippen LogP contribution in [0.2, 0.25) is 0 Å². The molecule has 0 radical (unpaired) electrons. The Morgan fingerprint density at radius 1 is 1.19 bits per heavy atom. The van der Waals surface area contributed by atoms with E-state index in [-0.39, 0.29) is 24.0 Å². The second-order valence-electron chi connectivity index (χ2n) is 7.58. The highest BCUT2D eigenvalue weighted by molar-refractivity contribution is 14.0. The Balaban J connectivity index is 0.00000364. The standard InChI is InChI=1S/C20H37N5S.HI/c1-16(2)25(17(3)4)13-10-22-20(21-5)23-15-18(19-9-8-14-26-19)24-11-6-7-12-24;/h8-9,14,16-18H,6-7,10-13,15H2,1-5H3,(H2,21,22,23);1H. The number of rotatable bonds is 9. The molecule has 1 aliphatic rings. The molecule has 2 heterocycles. The fourth-order valence-corrected chi connectivity index (χ4v) is 4.63. The highest BCUT2D eigenvalue weighted by Crippen LogP contribution is 2.27. The van der Waals surface area contributed by atoms with Crippen LogP contribution >= 0.6 is 35.3 Å². The number of hydrogen-bond acceptors (Lipinski definition) is 4. The van der Waals surface area contributed by atoms with Gasteiger partial charge in [0.05, 0.1) is 6.04 Å². The van der Waals surface area contributed by atoms with Gasteiger partial charge >= 0.3 is 0 Å². The van der Waals surface area contributed by atoms with Gasteiger partial charge in [-0.1, -0.05) is 6.07 Å². The molecule has 156 valence electrons. The van der Waals surface area contributed by atoms with Crippen molar-refractivity contribution in [1.82, 2.24) is 20.4 Å². The summed E-state index contributed by atoms with van der Waals surface area (Å²) in [5.41, 5.74) is 0. The fourth-order valence-electron chi connectivity index (χ4n) is 3.77. The van der Waals surface area contributed by atoms with E-state index in [2.05, 4.69) is 70.6 Å². The van der Waals surface area contributed by atoms with Crippen LogP contribution in [0.4, 0.5) is 0 Å². The molecule has 0 spiro atoms. The number of nitrogens with zero attached hydrogens (tertiary/aromatic N) is 3. The summed E-state index contributed by atoms with van der Waals surface area (Å²) in [4.78, 5) is 11.0. The molecule has 27 heavy (non-hydrogen) atoms. The van der Waals surface area contributed by atoms with Crippen molar-refractivity contribution >= 4 is 41.3 Å². The van der Waals surface area contributed by atoms with Crippen molar-refractivity contribution < 1.29 is 0 Å². The molecule has 0 amide bonds. The minimum atomic E-state index is 0. The zero-order chi connectivity index (χ0) is 18.9. The van der Waals surface area contributed by atoms with Crippen molar-refractivity contribution in [2.75, 3.05) is 39.8 Å². The Morgan fingerprint density at radius 2 is 1.85 bits per heavy atom. The van der Waals surface area contributed by atoms with Crippen molar-refractivity contribution in [3.05, 3.63) is 22.4 Å². The van der Waals surface area contributed by atoms with Crippen LogP contribution in [0.15, 0.2) is 22.5 Å². The second-order valence-corrected chi connectivity index (χ2v) is 8.56. The van der Waals surface area contributed by atoms with E-state index in [1.54, 1.807) is 0 Å². The highest BCUT2D eigenvalue weighted by Gasteiger charge is 2.24. The minimum absolute atomic E-state index is 0. The number of nitrogens with one attached hydrogen (secondary N) is 2. The molecule has 2 rings (SSSR count). The van der Waals surface area contributed by atoms with E-state index >= 15 is 0 Å². The number of guanidine groups is 1. The van der Waals surface area contributed by atoms with E-state index in [0.29, 0.717) is 18.1 Å². The molecule has 0 aliphatic carbocycles. The van der Waals surface area contributed by atoms with Crippen molar-refractivity contribution in [1.29, 1.82) is 0 Å². The molecule has 0 aromatic carbocycles. The third-order valence-electron chi connectivity index (χ3n) is 5.13. The van der Waals surface area contributed by atoms with Crippen LogP contribution in [-0.4, -0.2) is 67.6 Å². The molecule has 0 bridgehead atoms. The molecule has 1 aromatic rings. The maximum Gasteiger partial charge on any atom is 0.191 e. The Hall–Kier alpha value is -0.380. The van der Waals surface area contributed by atoms with Crippen molar-refractivity contribution in [2.45, 2.75) is 58.7 Å².